The molecule has 1 aromatic heterocycles. The van der Waals surface area contributed by atoms with E-state index in [1.54, 1.807) is 24.1 Å². The van der Waals surface area contributed by atoms with Gasteiger partial charge in [0.05, 0.1) is 11.6 Å². The van der Waals surface area contributed by atoms with Crippen LogP contribution < -0.4 is 5.32 Å². The molecule has 0 aliphatic heterocycles. The number of halogens is 1. The number of nitrogens with one attached hydrogen (secondary N) is 1. The molecular weight excluding hydrogens is 278 g/mol. The van der Waals surface area contributed by atoms with Crippen LogP contribution in [0.2, 0.25) is 5.02 Å². The monoisotopic (exact) mass is 299 g/mol. The maximum Gasteiger partial charge on any atom is 0.274 e. The quantitative estimate of drug-likeness (QED) is 0.802. The smallest absolute Gasteiger partial charge is 0.274 e. The highest BCUT2D eigenvalue weighted by atomic mass is 35.5. The predicted molar refractivity (Wildman–Crippen MR) is 81.5 cm³/mol. The average molecular weight is 300 g/mol. The number of carbonyl (C=O) groups excluding carboxylic acids is 1. The lowest BCUT2D eigenvalue weighted by molar-refractivity contribution is 0.0701. The molecule has 1 amide bonds. The largest absolute Gasteiger partial charge is 0.383 e. The van der Waals surface area contributed by atoms with E-state index >= 15 is 0 Å². The highest BCUT2D eigenvalue weighted by Gasteiger charge is 2.19. The standard InChI is InChI=1S/C14H22ClN3O2/c1-4-8-16-12-7-6-11(15)13(17-12)14(19)18(5-2)9-10-20-3/h6-7H,4-5,8-10H2,1-3H3,(H,16,17). The van der Waals surface area contributed by atoms with Crippen molar-refractivity contribution in [3.8, 4) is 0 Å². The fraction of sp³-hybridized carbons (Fsp3) is 0.571. The van der Waals surface area contributed by atoms with E-state index in [1.165, 1.54) is 0 Å². The number of ether oxygens (including phenoxy) is 1. The summed E-state index contributed by atoms with van der Waals surface area (Å²) in [6, 6.07) is 3.48. The third kappa shape index (κ3) is 4.65. The van der Waals surface area contributed by atoms with Gasteiger partial charge in [0.2, 0.25) is 0 Å². The summed E-state index contributed by atoms with van der Waals surface area (Å²) in [5.41, 5.74) is 0.283. The number of nitrogens with zero attached hydrogens (tertiary/aromatic N) is 2. The molecule has 0 spiro atoms. The Balaban J connectivity index is 2.89. The lowest BCUT2D eigenvalue weighted by Gasteiger charge is -2.20. The van der Waals surface area contributed by atoms with Crippen molar-refractivity contribution in [3.63, 3.8) is 0 Å². The number of aromatic nitrogens is 1. The van der Waals surface area contributed by atoms with Crippen molar-refractivity contribution in [2.75, 3.05) is 38.7 Å². The number of pyridine rings is 1. The fourth-order valence-corrected chi connectivity index (χ4v) is 1.88. The summed E-state index contributed by atoms with van der Waals surface area (Å²) in [4.78, 5) is 18.4. The van der Waals surface area contributed by atoms with E-state index in [-0.39, 0.29) is 11.6 Å². The van der Waals surface area contributed by atoms with Gasteiger partial charge in [-0.25, -0.2) is 4.98 Å². The van der Waals surface area contributed by atoms with Crippen molar-refractivity contribution >= 4 is 23.3 Å². The molecule has 6 heteroatoms. The van der Waals surface area contributed by atoms with E-state index in [0.717, 1.165) is 13.0 Å². The Morgan fingerprint density at radius 2 is 2.20 bits per heavy atom. The minimum atomic E-state index is -0.172. The molecule has 0 aliphatic carbocycles. The van der Waals surface area contributed by atoms with Crippen molar-refractivity contribution < 1.29 is 9.53 Å². The van der Waals surface area contributed by atoms with Crippen LogP contribution in [0.5, 0.6) is 0 Å². The van der Waals surface area contributed by atoms with Crippen molar-refractivity contribution in [2.45, 2.75) is 20.3 Å². The van der Waals surface area contributed by atoms with Gasteiger partial charge in [0, 0.05) is 26.7 Å². The van der Waals surface area contributed by atoms with Gasteiger partial charge in [-0.05, 0) is 25.5 Å². The molecule has 5 nitrogen and oxygen atoms in total. The minimum Gasteiger partial charge on any atom is -0.383 e. The highest BCUT2D eigenvalue weighted by Crippen LogP contribution is 2.18. The average Bonchev–Trinajstić information content (AvgIpc) is 2.47. The number of amides is 1. The summed E-state index contributed by atoms with van der Waals surface area (Å²) in [6.45, 7) is 6.40. The van der Waals surface area contributed by atoms with E-state index in [4.69, 9.17) is 16.3 Å². The molecule has 0 fully saturated rings. The van der Waals surface area contributed by atoms with Crippen molar-refractivity contribution in [3.05, 3.63) is 22.8 Å². The molecule has 0 unspecified atom stereocenters. The van der Waals surface area contributed by atoms with Crippen molar-refractivity contribution in [1.29, 1.82) is 0 Å². The van der Waals surface area contributed by atoms with Crippen LogP contribution in [-0.4, -0.2) is 49.1 Å². The molecule has 0 aromatic carbocycles. The molecule has 1 rings (SSSR count). The Labute approximate surface area is 125 Å². The van der Waals surface area contributed by atoms with Crippen molar-refractivity contribution in [2.24, 2.45) is 0 Å². The van der Waals surface area contributed by atoms with E-state index in [0.29, 0.717) is 30.5 Å². The van der Waals surface area contributed by atoms with Gasteiger partial charge in [-0.15, -0.1) is 0 Å². The van der Waals surface area contributed by atoms with Crippen LogP contribution in [-0.2, 0) is 4.74 Å². The summed E-state index contributed by atoms with van der Waals surface area (Å²) in [6.07, 6.45) is 0.989. The van der Waals surface area contributed by atoms with Gasteiger partial charge in [0.1, 0.15) is 11.5 Å². The minimum absolute atomic E-state index is 0.172. The number of anilines is 1. The van der Waals surface area contributed by atoms with E-state index in [1.807, 2.05) is 6.92 Å². The van der Waals surface area contributed by atoms with Gasteiger partial charge >= 0.3 is 0 Å². The first-order chi connectivity index (χ1) is 9.63. The van der Waals surface area contributed by atoms with E-state index in [9.17, 15) is 4.79 Å². The second kappa shape index (κ2) is 8.76. The van der Waals surface area contributed by atoms with Gasteiger partial charge in [-0.2, -0.15) is 0 Å². The fourth-order valence-electron chi connectivity index (χ4n) is 1.70. The van der Waals surface area contributed by atoms with Crippen LogP contribution in [0.4, 0.5) is 5.82 Å². The first kappa shape index (κ1) is 16.7. The van der Waals surface area contributed by atoms with Crippen LogP contribution in [0.1, 0.15) is 30.8 Å². The molecule has 112 valence electrons. The Morgan fingerprint density at radius 3 is 2.80 bits per heavy atom. The van der Waals surface area contributed by atoms with Gasteiger partial charge in [-0.3, -0.25) is 4.79 Å². The van der Waals surface area contributed by atoms with Crippen LogP contribution >= 0.6 is 11.6 Å². The first-order valence-electron chi connectivity index (χ1n) is 6.82. The SMILES string of the molecule is CCCNc1ccc(Cl)c(C(=O)N(CC)CCOC)n1. The Hall–Kier alpha value is -1.33. The summed E-state index contributed by atoms with van der Waals surface area (Å²) >= 11 is 6.09. The van der Waals surface area contributed by atoms with Gasteiger partial charge < -0.3 is 15.0 Å². The highest BCUT2D eigenvalue weighted by molar-refractivity contribution is 6.33. The molecule has 0 radical (unpaired) electrons. The normalized spacial score (nSPS) is 10.4. The summed E-state index contributed by atoms with van der Waals surface area (Å²) < 4.78 is 5.01. The number of rotatable bonds is 8. The summed E-state index contributed by atoms with van der Waals surface area (Å²) in [7, 11) is 1.61. The molecule has 0 saturated heterocycles. The Morgan fingerprint density at radius 1 is 1.45 bits per heavy atom. The maximum absolute atomic E-state index is 12.4. The Bertz CT molecular complexity index is 440. The lowest BCUT2D eigenvalue weighted by atomic mass is 10.3. The first-order valence-corrected chi connectivity index (χ1v) is 7.20. The predicted octanol–water partition coefficient (Wildman–Crippen LogP) is 2.67. The topological polar surface area (TPSA) is 54.5 Å². The van der Waals surface area contributed by atoms with E-state index < -0.39 is 0 Å². The van der Waals surface area contributed by atoms with E-state index in [2.05, 4.69) is 17.2 Å². The van der Waals surface area contributed by atoms with Gasteiger partial charge in [0.15, 0.2) is 0 Å². The van der Waals surface area contributed by atoms with Gasteiger partial charge in [-0.1, -0.05) is 18.5 Å². The molecule has 0 aliphatic rings. The zero-order valence-electron chi connectivity index (χ0n) is 12.3. The van der Waals surface area contributed by atoms with Crippen LogP contribution in [0, 0.1) is 0 Å². The third-order valence-electron chi connectivity index (χ3n) is 2.84. The molecule has 0 atom stereocenters. The summed E-state index contributed by atoms with van der Waals surface area (Å²) in [5.74, 6) is 0.497. The third-order valence-corrected chi connectivity index (χ3v) is 3.14. The number of methoxy groups -OCH3 is 1. The number of carbonyl (C=O) groups is 1. The maximum atomic E-state index is 12.4. The lowest BCUT2D eigenvalue weighted by Crippen LogP contribution is -2.34. The molecule has 0 saturated carbocycles. The zero-order valence-corrected chi connectivity index (χ0v) is 13.0. The molecule has 0 bridgehead atoms. The number of hydrogen-bond donors (Lipinski definition) is 1. The second-order valence-corrected chi connectivity index (χ2v) is 4.74. The molecule has 1 heterocycles. The molecule has 1 N–H and O–H groups in total. The summed E-state index contributed by atoms with van der Waals surface area (Å²) in [5, 5.41) is 3.52. The van der Waals surface area contributed by atoms with Crippen LogP contribution in [0.3, 0.4) is 0 Å². The molecule has 1 aromatic rings. The Kier molecular flexibility index (Phi) is 7.33. The second-order valence-electron chi connectivity index (χ2n) is 4.33. The van der Waals surface area contributed by atoms with Crippen molar-refractivity contribution in [1.82, 2.24) is 9.88 Å². The number of hydrogen-bond acceptors (Lipinski definition) is 4. The zero-order chi connectivity index (χ0) is 15.0. The molecule has 20 heavy (non-hydrogen) atoms. The van der Waals surface area contributed by atoms with Gasteiger partial charge in [0.25, 0.3) is 5.91 Å². The van der Waals surface area contributed by atoms with Crippen LogP contribution in [0.25, 0.3) is 0 Å². The van der Waals surface area contributed by atoms with Crippen LogP contribution in [0.15, 0.2) is 12.1 Å². The number of likely N-dealkylation sites (N-methyl/N-ethyl adjacent to an activating group) is 1. The molecular formula is C14H22ClN3O2.